The monoisotopic (exact) mass is 460 g/mol. The third-order valence-corrected chi connectivity index (χ3v) is 7.06. The first-order valence-corrected chi connectivity index (χ1v) is 10.9. The lowest BCUT2D eigenvalue weighted by atomic mass is 9.70. The fourth-order valence-corrected chi connectivity index (χ4v) is 5.66. The third kappa shape index (κ3) is 2.72. The average Bonchev–Trinajstić information content (AvgIpc) is 3.26. The second-order valence-corrected chi connectivity index (χ2v) is 8.52. The number of pyridine rings is 1. The summed E-state index contributed by atoms with van der Waals surface area (Å²) in [4.78, 5) is 4.32. The molecule has 8 nitrogen and oxygen atoms in total. The molecule has 0 saturated heterocycles. The Kier molecular flexibility index (Phi) is 5.21. The second kappa shape index (κ2) is 7.99. The Balaban J connectivity index is 1.86. The Morgan fingerprint density at radius 3 is 2.38 bits per heavy atom. The molecule has 3 aromatic rings. The summed E-state index contributed by atoms with van der Waals surface area (Å²) in [5.41, 5.74) is -1.66. The number of fused-ring (bicyclic) bond motifs is 3. The van der Waals surface area contributed by atoms with Gasteiger partial charge in [0.15, 0.2) is 11.2 Å². The highest BCUT2D eigenvalue weighted by molar-refractivity contribution is 5.60. The van der Waals surface area contributed by atoms with E-state index in [0.717, 1.165) is 5.56 Å². The third-order valence-electron chi connectivity index (χ3n) is 7.06. The summed E-state index contributed by atoms with van der Waals surface area (Å²) < 4.78 is 17.4. The number of rotatable bonds is 5. The molecule has 0 unspecified atom stereocenters. The highest BCUT2D eigenvalue weighted by Crippen LogP contribution is 2.69. The van der Waals surface area contributed by atoms with Gasteiger partial charge in [0.2, 0.25) is 11.8 Å². The van der Waals surface area contributed by atoms with Crippen molar-refractivity contribution in [2.24, 2.45) is 5.92 Å². The molecular weight excluding hydrogens is 436 g/mol. The van der Waals surface area contributed by atoms with Gasteiger partial charge < -0.3 is 29.5 Å². The number of methoxy groups -OCH3 is 2. The molecule has 174 valence electrons. The molecule has 1 aliphatic heterocycles. The van der Waals surface area contributed by atoms with E-state index in [1.54, 1.807) is 30.3 Å². The van der Waals surface area contributed by atoms with Gasteiger partial charge in [-0.3, -0.25) is 0 Å². The highest BCUT2D eigenvalue weighted by atomic mass is 16.5. The fourth-order valence-electron chi connectivity index (χ4n) is 5.66. The van der Waals surface area contributed by atoms with Gasteiger partial charge in [-0.25, -0.2) is 0 Å². The van der Waals surface area contributed by atoms with E-state index < -0.39 is 35.7 Å². The van der Waals surface area contributed by atoms with Crippen molar-refractivity contribution < 1.29 is 29.5 Å². The lowest BCUT2D eigenvalue weighted by Crippen LogP contribution is -2.52. The van der Waals surface area contributed by atoms with Crippen LogP contribution in [0, 0.1) is 17.2 Å². The van der Waals surface area contributed by atoms with Gasteiger partial charge in [0.05, 0.1) is 37.5 Å². The van der Waals surface area contributed by atoms with Crippen LogP contribution in [0.4, 0.5) is 0 Å². The SMILES string of the molecule is COc1cc2c(c(OC)n1)[C@]1(O)[C@H](O)[C@H](CO)[C@@H](c3ccccc3)[C@]1(c1ccc(C#N)cc1)O2. The average molecular weight is 460 g/mol. The number of nitrogens with zero attached hydrogens (tertiary/aromatic N) is 2. The molecule has 1 aliphatic carbocycles. The van der Waals surface area contributed by atoms with E-state index in [1.165, 1.54) is 14.2 Å². The van der Waals surface area contributed by atoms with Crippen LogP contribution in [0.25, 0.3) is 0 Å². The topological polar surface area (TPSA) is 125 Å². The number of aromatic nitrogens is 1. The first-order chi connectivity index (χ1) is 16.5. The maximum absolute atomic E-state index is 12.5. The van der Waals surface area contributed by atoms with Gasteiger partial charge in [-0.15, -0.1) is 0 Å². The van der Waals surface area contributed by atoms with E-state index in [4.69, 9.17) is 14.2 Å². The summed E-state index contributed by atoms with van der Waals surface area (Å²) in [6, 6.07) is 19.6. The first-order valence-electron chi connectivity index (χ1n) is 10.9. The van der Waals surface area contributed by atoms with E-state index in [-0.39, 0.29) is 23.1 Å². The molecule has 2 heterocycles. The molecule has 5 rings (SSSR count). The Labute approximate surface area is 196 Å². The molecule has 3 N–H and O–H groups in total. The minimum absolute atomic E-state index is 0.0526. The van der Waals surface area contributed by atoms with Crippen LogP contribution in [0.3, 0.4) is 0 Å². The molecule has 8 heteroatoms. The van der Waals surface area contributed by atoms with E-state index >= 15 is 0 Å². The summed E-state index contributed by atoms with van der Waals surface area (Å²) in [6.07, 6.45) is -1.43. The van der Waals surface area contributed by atoms with Gasteiger partial charge in [-0.05, 0) is 23.3 Å². The minimum Gasteiger partial charge on any atom is -0.481 e. The largest absolute Gasteiger partial charge is 0.481 e. The van der Waals surface area contributed by atoms with E-state index in [9.17, 15) is 20.6 Å². The van der Waals surface area contributed by atoms with Crippen molar-refractivity contribution in [1.29, 1.82) is 5.26 Å². The summed E-state index contributed by atoms with van der Waals surface area (Å²) in [6.45, 7) is -0.397. The van der Waals surface area contributed by atoms with Crippen LogP contribution in [-0.2, 0) is 11.2 Å². The van der Waals surface area contributed by atoms with Crippen molar-refractivity contribution in [2.45, 2.75) is 23.2 Å². The van der Waals surface area contributed by atoms with Crippen molar-refractivity contribution in [2.75, 3.05) is 20.8 Å². The normalized spacial score (nSPS) is 29.0. The quantitative estimate of drug-likeness (QED) is 0.529. The molecule has 34 heavy (non-hydrogen) atoms. The van der Waals surface area contributed by atoms with Gasteiger partial charge in [-0.1, -0.05) is 42.5 Å². The van der Waals surface area contributed by atoms with Gasteiger partial charge >= 0.3 is 0 Å². The number of nitriles is 1. The molecule has 1 saturated carbocycles. The Hall–Kier alpha value is -3.64. The van der Waals surface area contributed by atoms with E-state index in [2.05, 4.69) is 11.1 Å². The van der Waals surface area contributed by atoms with E-state index in [0.29, 0.717) is 11.1 Å². The van der Waals surface area contributed by atoms with Crippen LogP contribution in [0.15, 0.2) is 60.7 Å². The molecule has 0 amide bonds. The molecule has 2 aromatic carbocycles. The zero-order valence-electron chi connectivity index (χ0n) is 18.7. The summed E-state index contributed by atoms with van der Waals surface area (Å²) in [5.74, 6) is -0.903. The van der Waals surface area contributed by atoms with E-state index in [1.807, 2.05) is 30.3 Å². The molecule has 1 fully saturated rings. The molecule has 0 bridgehead atoms. The maximum atomic E-state index is 12.5. The summed E-state index contributed by atoms with van der Waals surface area (Å²) in [7, 11) is 2.87. The number of hydrogen-bond acceptors (Lipinski definition) is 8. The van der Waals surface area contributed by atoms with Crippen molar-refractivity contribution in [3.8, 4) is 23.6 Å². The number of ether oxygens (including phenoxy) is 3. The van der Waals surface area contributed by atoms with Crippen LogP contribution < -0.4 is 14.2 Å². The number of aliphatic hydroxyl groups excluding tert-OH is 2. The molecular formula is C26H24N2O6. The van der Waals surface area contributed by atoms with Gasteiger partial charge in [-0.2, -0.15) is 10.2 Å². The second-order valence-electron chi connectivity index (χ2n) is 8.52. The van der Waals surface area contributed by atoms with Crippen molar-refractivity contribution in [3.05, 3.63) is 82.9 Å². The molecule has 1 aromatic heterocycles. The van der Waals surface area contributed by atoms with Crippen molar-refractivity contribution >= 4 is 0 Å². The Morgan fingerprint density at radius 1 is 1.09 bits per heavy atom. The predicted octanol–water partition coefficient (Wildman–Crippen LogP) is 2.21. The lowest BCUT2D eigenvalue weighted by Gasteiger charge is -2.40. The molecule has 2 aliphatic rings. The number of benzene rings is 2. The van der Waals surface area contributed by atoms with Crippen LogP contribution in [-0.4, -0.2) is 47.2 Å². The summed E-state index contributed by atoms with van der Waals surface area (Å²) >= 11 is 0. The molecule has 0 spiro atoms. The van der Waals surface area contributed by atoms with Gasteiger partial charge in [0.25, 0.3) is 0 Å². The van der Waals surface area contributed by atoms with Crippen LogP contribution >= 0.6 is 0 Å². The van der Waals surface area contributed by atoms with Crippen molar-refractivity contribution in [3.63, 3.8) is 0 Å². The lowest BCUT2D eigenvalue weighted by molar-refractivity contribution is -0.153. The van der Waals surface area contributed by atoms with Gasteiger partial charge in [0.1, 0.15) is 5.75 Å². The molecule has 0 radical (unpaired) electrons. The minimum atomic E-state index is -2.03. The highest BCUT2D eigenvalue weighted by Gasteiger charge is 2.77. The number of hydrogen-bond donors (Lipinski definition) is 3. The maximum Gasteiger partial charge on any atom is 0.226 e. The number of aliphatic hydroxyl groups is 3. The van der Waals surface area contributed by atoms with Gasteiger partial charge in [0, 0.05) is 24.5 Å². The van der Waals surface area contributed by atoms with Crippen LogP contribution in [0.2, 0.25) is 0 Å². The van der Waals surface area contributed by atoms with Crippen molar-refractivity contribution in [1.82, 2.24) is 4.98 Å². The zero-order valence-corrected chi connectivity index (χ0v) is 18.7. The summed E-state index contributed by atoms with van der Waals surface area (Å²) in [5, 5.41) is 43.8. The molecule has 5 atom stereocenters. The first kappa shape index (κ1) is 22.2. The predicted molar refractivity (Wildman–Crippen MR) is 120 cm³/mol. The zero-order chi connectivity index (χ0) is 24.1. The van der Waals surface area contributed by atoms with Crippen LogP contribution in [0.5, 0.6) is 17.5 Å². The Bertz CT molecular complexity index is 1260. The smallest absolute Gasteiger partial charge is 0.226 e. The Morgan fingerprint density at radius 2 is 1.79 bits per heavy atom. The van der Waals surface area contributed by atoms with Crippen LogP contribution in [0.1, 0.15) is 28.2 Å². The fraction of sp³-hybridized carbons (Fsp3) is 0.308. The standard InChI is InChI=1S/C26H24N2O6/c1-32-20-12-19-22(24(28-20)33-2)25(31)23(30)18(14-29)21(16-6-4-3-5-7-16)26(25,34-19)17-10-8-15(13-27)9-11-17/h3-12,18,21,23,29-31H,14H2,1-2H3/t18-,21-,23-,25+,26+/m1/s1.